The first kappa shape index (κ1) is 14.6. The van der Waals surface area contributed by atoms with Crippen LogP contribution in [0.25, 0.3) is 0 Å². The van der Waals surface area contributed by atoms with Gasteiger partial charge < -0.3 is 4.74 Å². The Morgan fingerprint density at radius 2 is 1.81 bits per heavy atom. The summed E-state index contributed by atoms with van der Waals surface area (Å²) in [6, 6.07) is 10.1. The molecule has 5 nitrogen and oxygen atoms in total. The summed E-state index contributed by atoms with van der Waals surface area (Å²) in [5.74, 6) is -3.99. The molecule has 0 radical (unpaired) electrons. The summed E-state index contributed by atoms with van der Waals surface area (Å²) in [5, 5.41) is 10.6. The van der Waals surface area contributed by atoms with Crippen molar-refractivity contribution in [3.63, 3.8) is 0 Å². The zero-order valence-corrected chi connectivity index (χ0v) is 10.6. The Hall–Kier alpha value is -2.83. The lowest BCUT2D eigenvalue weighted by molar-refractivity contribution is -0.390. The van der Waals surface area contributed by atoms with Gasteiger partial charge in [0.25, 0.3) is 0 Å². The van der Waals surface area contributed by atoms with Crippen molar-refractivity contribution in [3.05, 3.63) is 75.3 Å². The van der Waals surface area contributed by atoms with Gasteiger partial charge in [0.2, 0.25) is 11.6 Å². The van der Waals surface area contributed by atoms with Crippen LogP contribution in [0.1, 0.15) is 15.9 Å². The Balaban J connectivity index is 2.20. The van der Waals surface area contributed by atoms with Crippen LogP contribution in [0, 0.1) is 21.7 Å². The lowest BCUT2D eigenvalue weighted by Gasteiger charge is -2.06. The van der Waals surface area contributed by atoms with Crippen molar-refractivity contribution in [1.82, 2.24) is 0 Å². The molecule has 0 spiro atoms. The monoisotopic (exact) mass is 293 g/mol. The highest BCUT2D eigenvalue weighted by Gasteiger charge is 2.27. The molecule has 7 heteroatoms. The first-order valence-electron chi connectivity index (χ1n) is 5.84. The van der Waals surface area contributed by atoms with Crippen molar-refractivity contribution < 1.29 is 23.2 Å². The normalized spacial score (nSPS) is 10.2. The first-order chi connectivity index (χ1) is 10.0. The fraction of sp³-hybridized carbons (Fsp3) is 0.0714. The number of hydrogen-bond donors (Lipinski definition) is 0. The van der Waals surface area contributed by atoms with Gasteiger partial charge in [0, 0.05) is 0 Å². The van der Waals surface area contributed by atoms with Gasteiger partial charge in [-0.3, -0.25) is 10.1 Å². The maximum absolute atomic E-state index is 13.8. The summed E-state index contributed by atoms with van der Waals surface area (Å²) >= 11 is 0. The molecule has 0 amide bonds. The van der Waals surface area contributed by atoms with Crippen molar-refractivity contribution in [2.75, 3.05) is 0 Å². The molecule has 0 aliphatic heterocycles. The molecule has 21 heavy (non-hydrogen) atoms. The Kier molecular flexibility index (Phi) is 4.22. The number of nitro benzene ring substituents is 1. The number of carbonyl (C=O) groups is 1. The van der Waals surface area contributed by atoms with E-state index in [1.807, 2.05) is 0 Å². The molecule has 0 aliphatic rings. The lowest BCUT2D eigenvalue weighted by Crippen LogP contribution is -2.10. The fourth-order valence-corrected chi connectivity index (χ4v) is 1.67. The summed E-state index contributed by atoms with van der Waals surface area (Å²) in [6.07, 6.45) is 0. The molecular formula is C14H9F2NO4. The smallest absolute Gasteiger partial charge is 0.341 e. The Morgan fingerprint density at radius 3 is 2.43 bits per heavy atom. The molecule has 2 aromatic carbocycles. The minimum absolute atomic E-state index is 0.121. The molecular weight excluding hydrogens is 284 g/mol. The van der Waals surface area contributed by atoms with Gasteiger partial charge in [-0.25, -0.2) is 4.79 Å². The minimum atomic E-state index is -1.54. The van der Waals surface area contributed by atoms with Crippen molar-refractivity contribution in [3.8, 4) is 0 Å². The molecule has 0 aromatic heterocycles. The van der Waals surface area contributed by atoms with Gasteiger partial charge in [-0.2, -0.15) is 8.78 Å². The average Bonchev–Trinajstić information content (AvgIpc) is 2.45. The second-order valence-corrected chi connectivity index (χ2v) is 4.08. The number of benzene rings is 2. The van der Waals surface area contributed by atoms with Crippen LogP contribution in [0.3, 0.4) is 0 Å². The highest BCUT2D eigenvalue weighted by Crippen LogP contribution is 2.25. The zero-order chi connectivity index (χ0) is 15.4. The quantitative estimate of drug-likeness (QED) is 0.493. The largest absolute Gasteiger partial charge is 0.457 e. The van der Waals surface area contributed by atoms with Crippen LogP contribution in [0.2, 0.25) is 0 Å². The van der Waals surface area contributed by atoms with E-state index in [1.54, 1.807) is 30.3 Å². The van der Waals surface area contributed by atoms with Crippen molar-refractivity contribution in [2.45, 2.75) is 6.61 Å². The SMILES string of the molecule is O=C(OCc1ccccc1)c1ccc(F)c([N+](=O)[O-])c1F. The van der Waals surface area contributed by atoms with Crippen LogP contribution in [-0.4, -0.2) is 10.9 Å². The molecule has 0 saturated heterocycles. The van der Waals surface area contributed by atoms with Gasteiger partial charge in [-0.05, 0) is 17.7 Å². The number of halogens is 2. The fourth-order valence-electron chi connectivity index (χ4n) is 1.67. The standard InChI is InChI=1S/C14H9F2NO4/c15-11-7-6-10(12(16)13(11)17(19)20)14(18)21-8-9-4-2-1-3-5-9/h1-7H,8H2. The third kappa shape index (κ3) is 3.19. The number of esters is 1. The van der Waals surface area contributed by atoms with Crippen LogP contribution < -0.4 is 0 Å². The van der Waals surface area contributed by atoms with E-state index in [1.165, 1.54) is 0 Å². The summed E-state index contributed by atoms with van der Waals surface area (Å²) in [6.45, 7) is -0.121. The third-order valence-electron chi connectivity index (χ3n) is 2.68. The van der Waals surface area contributed by atoms with E-state index >= 15 is 0 Å². The van der Waals surface area contributed by atoms with E-state index in [4.69, 9.17) is 4.74 Å². The van der Waals surface area contributed by atoms with E-state index in [0.29, 0.717) is 11.6 Å². The molecule has 0 bridgehead atoms. The molecule has 0 atom stereocenters. The molecule has 0 fully saturated rings. The van der Waals surface area contributed by atoms with Gasteiger partial charge >= 0.3 is 11.7 Å². The molecule has 0 unspecified atom stereocenters. The molecule has 108 valence electrons. The first-order valence-corrected chi connectivity index (χ1v) is 5.84. The van der Waals surface area contributed by atoms with Gasteiger partial charge in [0.05, 0.1) is 4.92 Å². The van der Waals surface area contributed by atoms with Crippen LogP contribution in [0.4, 0.5) is 14.5 Å². The molecule has 0 aliphatic carbocycles. The molecule has 0 saturated carbocycles. The van der Waals surface area contributed by atoms with Gasteiger partial charge in [-0.1, -0.05) is 30.3 Å². The predicted octanol–water partition coefficient (Wildman–Crippen LogP) is 3.23. The van der Waals surface area contributed by atoms with E-state index in [9.17, 15) is 23.7 Å². The summed E-state index contributed by atoms with van der Waals surface area (Å²) < 4.78 is 31.8. The minimum Gasteiger partial charge on any atom is -0.457 e. The van der Waals surface area contributed by atoms with Crippen molar-refractivity contribution in [2.24, 2.45) is 0 Å². The average molecular weight is 293 g/mol. The van der Waals surface area contributed by atoms with Crippen LogP contribution in [-0.2, 0) is 11.3 Å². The van der Waals surface area contributed by atoms with E-state index in [-0.39, 0.29) is 6.61 Å². The number of rotatable bonds is 4. The van der Waals surface area contributed by atoms with E-state index < -0.39 is 33.8 Å². The highest BCUT2D eigenvalue weighted by atomic mass is 19.1. The van der Waals surface area contributed by atoms with E-state index in [0.717, 1.165) is 6.07 Å². The highest BCUT2D eigenvalue weighted by molar-refractivity contribution is 5.90. The third-order valence-corrected chi connectivity index (χ3v) is 2.68. The van der Waals surface area contributed by atoms with Gasteiger partial charge in [-0.15, -0.1) is 0 Å². The second-order valence-electron chi connectivity index (χ2n) is 4.08. The van der Waals surface area contributed by atoms with Gasteiger partial charge in [0.15, 0.2) is 0 Å². The molecule has 0 N–H and O–H groups in total. The number of carbonyl (C=O) groups excluding carboxylic acids is 1. The Bertz CT molecular complexity index is 689. The Morgan fingerprint density at radius 1 is 1.14 bits per heavy atom. The summed E-state index contributed by atoms with van der Waals surface area (Å²) in [5.41, 5.74) is -1.38. The second kappa shape index (κ2) is 6.08. The number of ether oxygens (including phenoxy) is 1. The summed E-state index contributed by atoms with van der Waals surface area (Å²) in [7, 11) is 0. The van der Waals surface area contributed by atoms with Crippen LogP contribution in [0.15, 0.2) is 42.5 Å². The predicted molar refractivity (Wildman–Crippen MR) is 68.6 cm³/mol. The van der Waals surface area contributed by atoms with Crippen LogP contribution >= 0.6 is 0 Å². The number of nitro groups is 1. The number of hydrogen-bond acceptors (Lipinski definition) is 4. The number of nitrogens with zero attached hydrogens (tertiary/aromatic N) is 1. The molecule has 2 rings (SSSR count). The molecule has 0 heterocycles. The maximum Gasteiger partial charge on any atom is 0.341 e. The summed E-state index contributed by atoms with van der Waals surface area (Å²) in [4.78, 5) is 21.1. The van der Waals surface area contributed by atoms with Crippen molar-refractivity contribution >= 4 is 11.7 Å². The topological polar surface area (TPSA) is 69.4 Å². The lowest BCUT2D eigenvalue weighted by atomic mass is 10.1. The maximum atomic E-state index is 13.8. The van der Waals surface area contributed by atoms with Gasteiger partial charge in [0.1, 0.15) is 12.2 Å². The Labute approximate surface area is 117 Å². The van der Waals surface area contributed by atoms with E-state index in [2.05, 4.69) is 0 Å². The van der Waals surface area contributed by atoms with Crippen molar-refractivity contribution in [1.29, 1.82) is 0 Å². The zero-order valence-electron chi connectivity index (χ0n) is 10.6. The van der Waals surface area contributed by atoms with Crippen LogP contribution in [0.5, 0.6) is 0 Å². The molecule has 2 aromatic rings.